The third kappa shape index (κ3) is 4.01. The third-order valence-electron chi connectivity index (χ3n) is 3.95. The van der Waals surface area contributed by atoms with Gasteiger partial charge in [-0.1, -0.05) is 0 Å². The monoisotopic (exact) mass is 343 g/mol. The number of urea groups is 1. The minimum absolute atomic E-state index is 0.0105. The molecule has 0 saturated carbocycles. The van der Waals surface area contributed by atoms with Gasteiger partial charge in [-0.05, 0) is 20.8 Å². The van der Waals surface area contributed by atoms with Gasteiger partial charge in [0.2, 0.25) is 5.91 Å². The molecule has 2 heterocycles. The summed E-state index contributed by atoms with van der Waals surface area (Å²) in [6, 6.07) is -0.714. The van der Waals surface area contributed by atoms with Crippen molar-refractivity contribution in [3.8, 4) is 0 Å². The first-order chi connectivity index (χ1) is 11.1. The molecule has 0 aliphatic carbocycles. The van der Waals surface area contributed by atoms with E-state index in [1.54, 1.807) is 4.90 Å². The van der Waals surface area contributed by atoms with E-state index in [1.807, 2.05) is 20.8 Å². The molecule has 1 aliphatic heterocycles. The van der Waals surface area contributed by atoms with E-state index >= 15 is 0 Å². The number of halogens is 2. The van der Waals surface area contributed by atoms with E-state index in [4.69, 9.17) is 0 Å². The van der Waals surface area contributed by atoms with Crippen LogP contribution in [-0.4, -0.2) is 56.5 Å². The first kappa shape index (κ1) is 18.2. The molecule has 1 N–H and O–H groups in total. The molecular weight excluding hydrogens is 320 g/mol. The molecule has 0 spiro atoms. The van der Waals surface area contributed by atoms with Crippen LogP contribution in [0.3, 0.4) is 0 Å². The van der Waals surface area contributed by atoms with Gasteiger partial charge in [0.15, 0.2) is 0 Å². The van der Waals surface area contributed by atoms with Gasteiger partial charge in [-0.2, -0.15) is 8.78 Å². The molecule has 0 bridgehead atoms. The van der Waals surface area contributed by atoms with Gasteiger partial charge in [-0.15, -0.1) is 0 Å². The Hall–Kier alpha value is -2.19. The molecule has 3 amide bonds. The van der Waals surface area contributed by atoms with Gasteiger partial charge in [0.1, 0.15) is 5.82 Å². The van der Waals surface area contributed by atoms with Crippen molar-refractivity contribution in [3.63, 3.8) is 0 Å². The van der Waals surface area contributed by atoms with E-state index in [1.165, 1.54) is 24.3 Å². The average molecular weight is 343 g/mol. The predicted octanol–water partition coefficient (Wildman–Crippen LogP) is 1.82. The molecule has 0 radical (unpaired) electrons. The van der Waals surface area contributed by atoms with Gasteiger partial charge in [0.05, 0.1) is 12.6 Å². The second-order valence-electron chi connectivity index (χ2n) is 6.91. The van der Waals surface area contributed by atoms with Crippen molar-refractivity contribution in [1.82, 2.24) is 24.7 Å². The summed E-state index contributed by atoms with van der Waals surface area (Å²) in [5.74, 6) is 0.0881. The van der Waals surface area contributed by atoms with Crippen LogP contribution < -0.4 is 5.32 Å². The Labute approximate surface area is 139 Å². The lowest BCUT2D eigenvalue weighted by molar-refractivity contribution is -0.131. The van der Waals surface area contributed by atoms with Crippen molar-refractivity contribution < 1.29 is 18.4 Å². The number of amides is 3. The van der Waals surface area contributed by atoms with E-state index in [-0.39, 0.29) is 36.3 Å². The Kier molecular flexibility index (Phi) is 5.10. The summed E-state index contributed by atoms with van der Waals surface area (Å²) in [5, 5.41) is 2.77. The fourth-order valence-electron chi connectivity index (χ4n) is 2.67. The molecule has 1 atom stereocenters. The third-order valence-corrected chi connectivity index (χ3v) is 3.95. The lowest BCUT2D eigenvalue weighted by Gasteiger charge is -2.32. The summed E-state index contributed by atoms with van der Waals surface area (Å²) in [4.78, 5) is 31.1. The maximum atomic E-state index is 12.8. The fraction of sp³-hybridized carbons (Fsp3) is 0.667. The molecular formula is C15H23F2N5O2. The highest BCUT2D eigenvalue weighted by molar-refractivity contribution is 5.82. The normalized spacial score (nSPS) is 18.4. The van der Waals surface area contributed by atoms with Crippen LogP contribution in [0.4, 0.5) is 13.6 Å². The SMILES string of the molecule is CN(Cc1nccn1C(F)F)C(=O)N[C@H]1CC(=O)N(C(C)(C)C)C1. The number of rotatable bonds is 4. The zero-order valence-electron chi connectivity index (χ0n) is 14.3. The van der Waals surface area contributed by atoms with E-state index < -0.39 is 12.6 Å². The van der Waals surface area contributed by atoms with Crippen LogP contribution in [0.5, 0.6) is 0 Å². The summed E-state index contributed by atoms with van der Waals surface area (Å²) < 4.78 is 26.3. The highest BCUT2D eigenvalue weighted by atomic mass is 19.3. The van der Waals surface area contributed by atoms with Crippen LogP contribution in [0.25, 0.3) is 0 Å². The second-order valence-corrected chi connectivity index (χ2v) is 6.91. The van der Waals surface area contributed by atoms with Crippen LogP contribution in [0.1, 0.15) is 39.6 Å². The van der Waals surface area contributed by atoms with Crippen molar-refractivity contribution in [3.05, 3.63) is 18.2 Å². The van der Waals surface area contributed by atoms with Crippen LogP contribution in [0.2, 0.25) is 0 Å². The van der Waals surface area contributed by atoms with Crippen LogP contribution in [-0.2, 0) is 11.3 Å². The van der Waals surface area contributed by atoms with Crippen molar-refractivity contribution in [2.24, 2.45) is 0 Å². The first-order valence-electron chi connectivity index (χ1n) is 7.71. The van der Waals surface area contributed by atoms with Crippen LogP contribution >= 0.6 is 0 Å². The summed E-state index contributed by atoms with van der Waals surface area (Å²) in [7, 11) is 1.50. The molecule has 24 heavy (non-hydrogen) atoms. The van der Waals surface area contributed by atoms with Gasteiger partial charge >= 0.3 is 12.6 Å². The lowest BCUT2D eigenvalue weighted by Crippen LogP contribution is -2.47. The number of imidazole rings is 1. The zero-order valence-corrected chi connectivity index (χ0v) is 14.3. The maximum Gasteiger partial charge on any atom is 0.319 e. The van der Waals surface area contributed by atoms with Crippen molar-refractivity contribution in [2.75, 3.05) is 13.6 Å². The highest BCUT2D eigenvalue weighted by Crippen LogP contribution is 2.22. The second kappa shape index (κ2) is 6.74. The number of aromatic nitrogens is 2. The number of likely N-dealkylation sites (tertiary alicyclic amines) is 1. The van der Waals surface area contributed by atoms with Crippen LogP contribution in [0.15, 0.2) is 12.4 Å². The zero-order chi connectivity index (χ0) is 18.1. The Morgan fingerprint density at radius 1 is 1.50 bits per heavy atom. The quantitative estimate of drug-likeness (QED) is 0.906. The van der Waals surface area contributed by atoms with E-state index in [0.717, 1.165) is 0 Å². The largest absolute Gasteiger partial charge is 0.336 e. The Morgan fingerprint density at radius 2 is 2.17 bits per heavy atom. The van der Waals surface area contributed by atoms with Crippen LogP contribution in [0, 0.1) is 0 Å². The summed E-state index contributed by atoms with van der Waals surface area (Å²) in [6.45, 7) is 3.49. The molecule has 1 fully saturated rings. The number of hydrogen-bond acceptors (Lipinski definition) is 3. The first-order valence-corrected chi connectivity index (χ1v) is 7.71. The van der Waals surface area contributed by atoms with Crippen molar-refractivity contribution >= 4 is 11.9 Å². The minimum Gasteiger partial charge on any atom is -0.336 e. The highest BCUT2D eigenvalue weighted by Gasteiger charge is 2.37. The van der Waals surface area contributed by atoms with Gasteiger partial charge < -0.3 is 15.1 Å². The molecule has 7 nitrogen and oxygen atoms in total. The minimum atomic E-state index is -2.70. The number of nitrogens with one attached hydrogen (secondary N) is 1. The van der Waals surface area contributed by atoms with Gasteiger partial charge in [0, 0.05) is 37.9 Å². The molecule has 0 aromatic carbocycles. The van der Waals surface area contributed by atoms with Crippen molar-refractivity contribution in [1.29, 1.82) is 0 Å². The summed E-state index contributed by atoms with van der Waals surface area (Å²) in [6.07, 6.45) is 2.68. The van der Waals surface area contributed by atoms with Gasteiger partial charge in [0.25, 0.3) is 0 Å². The topological polar surface area (TPSA) is 70.5 Å². The van der Waals surface area contributed by atoms with Crippen molar-refractivity contribution in [2.45, 2.75) is 51.9 Å². The lowest BCUT2D eigenvalue weighted by atomic mass is 10.1. The number of hydrogen-bond donors (Lipinski definition) is 1. The van der Waals surface area contributed by atoms with Gasteiger partial charge in [-0.3, -0.25) is 9.36 Å². The molecule has 134 valence electrons. The average Bonchev–Trinajstić information content (AvgIpc) is 3.04. The number of nitrogens with zero attached hydrogens (tertiary/aromatic N) is 4. The maximum absolute atomic E-state index is 12.8. The molecule has 9 heteroatoms. The van der Waals surface area contributed by atoms with Gasteiger partial charge in [-0.25, -0.2) is 9.78 Å². The smallest absolute Gasteiger partial charge is 0.319 e. The van der Waals surface area contributed by atoms with E-state index in [2.05, 4.69) is 10.3 Å². The standard InChI is InChI=1S/C15H23F2N5O2/c1-15(2,3)22-8-10(7-12(22)23)19-14(24)20(4)9-11-18-5-6-21(11)13(16)17/h5-6,10,13H,7-9H2,1-4H3,(H,19,24)/t10-/m0/s1. The van der Waals surface area contributed by atoms with E-state index in [0.29, 0.717) is 11.1 Å². The fourth-order valence-corrected chi connectivity index (χ4v) is 2.67. The predicted molar refractivity (Wildman–Crippen MR) is 83.3 cm³/mol. The molecule has 1 aliphatic rings. The Balaban J connectivity index is 1.93. The molecule has 1 saturated heterocycles. The number of alkyl halides is 2. The Bertz CT molecular complexity index is 611. The Morgan fingerprint density at radius 3 is 2.71 bits per heavy atom. The molecule has 1 aromatic rings. The number of carbonyl (C=O) groups excluding carboxylic acids is 2. The molecule has 1 aromatic heterocycles. The molecule has 0 unspecified atom stereocenters. The van der Waals surface area contributed by atoms with E-state index in [9.17, 15) is 18.4 Å². The number of carbonyl (C=O) groups is 2. The molecule has 2 rings (SSSR count). The summed E-state index contributed by atoms with van der Waals surface area (Å²) in [5.41, 5.74) is -0.301. The summed E-state index contributed by atoms with van der Waals surface area (Å²) >= 11 is 0.